The van der Waals surface area contributed by atoms with Gasteiger partial charge in [-0.1, -0.05) is 17.3 Å². The fraction of sp³-hybridized carbons (Fsp3) is 0.133. The van der Waals surface area contributed by atoms with Gasteiger partial charge in [-0.05, 0) is 54.4 Å². The van der Waals surface area contributed by atoms with Gasteiger partial charge in [0.25, 0.3) is 0 Å². The number of rotatable bonds is 4. The topological polar surface area (TPSA) is 62.1 Å². The lowest BCUT2D eigenvalue weighted by atomic mass is 10.1. The first-order valence-electron chi connectivity index (χ1n) is 5.89. The highest BCUT2D eigenvalue weighted by Crippen LogP contribution is 2.16. The van der Waals surface area contributed by atoms with Crippen LogP contribution in [0.25, 0.3) is 0 Å². The Morgan fingerprint density at radius 3 is 2.26 bits per heavy atom. The molecule has 2 aromatic carbocycles. The maximum Gasteiger partial charge on any atom is 0.119 e. The number of ether oxygens (including phenoxy) is 1. The van der Waals surface area contributed by atoms with E-state index in [1.807, 2.05) is 36.4 Å². The second kappa shape index (κ2) is 5.91. The summed E-state index contributed by atoms with van der Waals surface area (Å²) in [6.45, 7) is 2.17. The molecule has 0 heterocycles. The second-order valence-electron chi connectivity index (χ2n) is 4.16. The van der Waals surface area contributed by atoms with E-state index >= 15 is 0 Å². The lowest BCUT2D eigenvalue weighted by Gasteiger charge is -2.07. The molecule has 98 valence electrons. The van der Waals surface area contributed by atoms with Gasteiger partial charge in [0.05, 0.1) is 5.71 Å². The molecule has 19 heavy (non-hydrogen) atoms. The van der Waals surface area contributed by atoms with Crippen LogP contribution < -0.4 is 4.74 Å². The SMILES string of the molecule is CC(=NO)c1ccc(OCc2ccc(O)cc2)cc1. The van der Waals surface area contributed by atoms with E-state index in [0.29, 0.717) is 12.3 Å². The highest BCUT2D eigenvalue weighted by Gasteiger charge is 2.00. The standard InChI is InChI=1S/C15H15NO3/c1-11(16-18)13-4-8-15(9-5-13)19-10-12-2-6-14(17)7-3-12/h2-9,17-18H,10H2,1H3. The summed E-state index contributed by atoms with van der Waals surface area (Å²) in [5.41, 5.74) is 2.39. The molecule has 4 heteroatoms. The van der Waals surface area contributed by atoms with Gasteiger partial charge in [0.1, 0.15) is 18.1 Å². The van der Waals surface area contributed by atoms with Crippen molar-refractivity contribution in [3.8, 4) is 11.5 Å². The number of phenols is 1. The van der Waals surface area contributed by atoms with Crippen molar-refractivity contribution < 1.29 is 15.1 Å². The Balaban J connectivity index is 1.98. The molecule has 0 aliphatic heterocycles. The van der Waals surface area contributed by atoms with Gasteiger partial charge < -0.3 is 15.1 Å². The van der Waals surface area contributed by atoms with Crippen LogP contribution in [0, 0.1) is 0 Å². The molecular formula is C15H15NO3. The molecule has 0 bridgehead atoms. The molecule has 0 fully saturated rings. The third kappa shape index (κ3) is 3.48. The van der Waals surface area contributed by atoms with Crippen LogP contribution in [0.3, 0.4) is 0 Å². The molecule has 2 rings (SSSR count). The zero-order valence-corrected chi connectivity index (χ0v) is 10.6. The Kier molecular flexibility index (Phi) is 4.03. The van der Waals surface area contributed by atoms with Gasteiger partial charge in [-0.25, -0.2) is 0 Å². The van der Waals surface area contributed by atoms with Gasteiger partial charge in [0, 0.05) is 0 Å². The van der Waals surface area contributed by atoms with E-state index in [-0.39, 0.29) is 5.75 Å². The van der Waals surface area contributed by atoms with E-state index in [0.717, 1.165) is 16.9 Å². The first-order chi connectivity index (χ1) is 9.19. The van der Waals surface area contributed by atoms with E-state index in [2.05, 4.69) is 5.16 Å². The van der Waals surface area contributed by atoms with Crippen molar-refractivity contribution in [2.24, 2.45) is 5.16 Å². The predicted octanol–water partition coefficient (Wildman–Crippen LogP) is 3.17. The molecular weight excluding hydrogens is 242 g/mol. The van der Waals surface area contributed by atoms with Crippen molar-refractivity contribution in [2.75, 3.05) is 0 Å². The largest absolute Gasteiger partial charge is 0.508 e. The van der Waals surface area contributed by atoms with Crippen LogP contribution in [0.4, 0.5) is 0 Å². The molecule has 0 aliphatic rings. The number of benzene rings is 2. The maximum atomic E-state index is 9.18. The number of oxime groups is 1. The summed E-state index contributed by atoms with van der Waals surface area (Å²) in [4.78, 5) is 0. The molecule has 0 amide bonds. The first-order valence-corrected chi connectivity index (χ1v) is 5.89. The lowest BCUT2D eigenvalue weighted by Crippen LogP contribution is -1.97. The Hall–Kier alpha value is -2.49. The van der Waals surface area contributed by atoms with E-state index < -0.39 is 0 Å². The van der Waals surface area contributed by atoms with Crippen molar-refractivity contribution in [3.63, 3.8) is 0 Å². The van der Waals surface area contributed by atoms with Gasteiger partial charge in [-0.3, -0.25) is 0 Å². The van der Waals surface area contributed by atoms with Gasteiger partial charge in [0.15, 0.2) is 0 Å². The van der Waals surface area contributed by atoms with E-state index in [1.54, 1.807) is 19.1 Å². The third-order valence-electron chi connectivity index (χ3n) is 2.76. The molecule has 0 aliphatic carbocycles. The zero-order valence-electron chi connectivity index (χ0n) is 10.6. The molecule has 0 aromatic heterocycles. The number of phenolic OH excluding ortho intramolecular Hbond substituents is 1. The molecule has 2 N–H and O–H groups in total. The number of hydrogen-bond donors (Lipinski definition) is 2. The molecule has 0 radical (unpaired) electrons. The Morgan fingerprint density at radius 2 is 1.68 bits per heavy atom. The minimum Gasteiger partial charge on any atom is -0.508 e. The average Bonchev–Trinajstić information content (AvgIpc) is 2.46. The van der Waals surface area contributed by atoms with Crippen LogP contribution in [0.2, 0.25) is 0 Å². The highest BCUT2D eigenvalue weighted by molar-refractivity contribution is 5.98. The van der Waals surface area contributed by atoms with Crippen LogP contribution in [0.1, 0.15) is 18.1 Å². The maximum absolute atomic E-state index is 9.18. The van der Waals surface area contributed by atoms with Crippen LogP contribution in [-0.4, -0.2) is 16.0 Å². The Bertz CT molecular complexity index is 559. The third-order valence-corrected chi connectivity index (χ3v) is 2.76. The number of aromatic hydroxyl groups is 1. The van der Waals surface area contributed by atoms with Gasteiger partial charge in [-0.15, -0.1) is 0 Å². The number of nitrogens with zero attached hydrogens (tertiary/aromatic N) is 1. The van der Waals surface area contributed by atoms with Crippen molar-refractivity contribution in [2.45, 2.75) is 13.5 Å². The summed E-state index contributed by atoms with van der Waals surface area (Å²) in [6.07, 6.45) is 0. The Labute approximate surface area is 111 Å². The molecule has 0 atom stereocenters. The smallest absolute Gasteiger partial charge is 0.119 e. The quantitative estimate of drug-likeness (QED) is 0.502. The highest BCUT2D eigenvalue weighted by atomic mass is 16.5. The summed E-state index contributed by atoms with van der Waals surface area (Å²) < 4.78 is 5.62. The molecule has 0 spiro atoms. The fourth-order valence-corrected chi connectivity index (χ4v) is 1.61. The van der Waals surface area contributed by atoms with Crippen molar-refractivity contribution in [3.05, 3.63) is 59.7 Å². The summed E-state index contributed by atoms with van der Waals surface area (Å²) in [5, 5.41) is 21.0. The first kappa shape index (κ1) is 13.0. The van der Waals surface area contributed by atoms with Gasteiger partial charge in [0.2, 0.25) is 0 Å². The predicted molar refractivity (Wildman–Crippen MR) is 72.9 cm³/mol. The normalized spacial score (nSPS) is 11.3. The van der Waals surface area contributed by atoms with Crippen molar-refractivity contribution in [1.82, 2.24) is 0 Å². The zero-order chi connectivity index (χ0) is 13.7. The monoisotopic (exact) mass is 257 g/mol. The minimum absolute atomic E-state index is 0.242. The number of hydrogen-bond acceptors (Lipinski definition) is 4. The van der Waals surface area contributed by atoms with Gasteiger partial charge >= 0.3 is 0 Å². The summed E-state index contributed by atoms with van der Waals surface area (Å²) in [6, 6.07) is 14.2. The minimum atomic E-state index is 0.242. The summed E-state index contributed by atoms with van der Waals surface area (Å²) >= 11 is 0. The summed E-state index contributed by atoms with van der Waals surface area (Å²) in [7, 11) is 0. The molecule has 0 unspecified atom stereocenters. The van der Waals surface area contributed by atoms with Crippen LogP contribution in [0.15, 0.2) is 53.7 Å². The second-order valence-corrected chi connectivity index (χ2v) is 4.16. The summed E-state index contributed by atoms with van der Waals surface area (Å²) in [5.74, 6) is 0.981. The molecule has 0 saturated carbocycles. The molecule has 0 saturated heterocycles. The average molecular weight is 257 g/mol. The fourth-order valence-electron chi connectivity index (χ4n) is 1.61. The van der Waals surface area contributed by atoms with Crippen molar-refractivity contribution >= 4 is 5.71 Å². The van der Waals surface area contributed by atoms with E-state index in [1.165, 1.54) is 0 Å². The molecule has 4 nitrogen and oxygen atoms in total. The van der Waals surface area contributed by atoms with Crippen LogP contribution >= 0.6 is 0 Å². The lowest BCUT2D eigenvalue weighted by molar-refractivity contribution is 0.306. The van der Waals surface area contributed by atoms with Crippen LogP contribution in [-0.2, 0) is 6.61 Å². The van der Waals surface area contributed by atoms with Gasteiger partial charge in [-0.2, -0.15) is 0 Å². The Morgan fingerprint density at radius 1 is 1.05 bits per heavy atom. The molecule has 2 aromatic rings. The van der Waals surface area contributed by atoms with Crippen molar-refractivity contribution in [1.29, 1.82) is 0 Å². The van der Waals surface area contributed by atoms with Crippen LogP contribution in [0.5, 0.6) is 11.5 Å². The van der Waals surface area contributed by atoms with E-state index in [4.69, 9.17) is 9.94 Å². The van der Waals surface area contributed by atoms with E-state index in [9.17, 15) is 5.11 Å².